The highest BCUT2D eigenvalue weighted by Crippen LogP contribution is 2.69. The van der Waals surface area contributed by atoms with Gasteiger partial charge in [0.25, 0.3) is 0 Å². The number of hydrogen-bond donors (Lipinski definition) is 0. The van der Waals surface area contributed by atoms with Gasteiger partial charge in [-0.15, -0.1) is 0 Å². The van der Waals surface area contributed by atoms with Crippen molar-refractivity contribution >= 4 is 57.2 Å². The van der Waals surface area contributed by atoms with E-state index in [1.54, 1.807) is 38.7 Å². The van der Waals surface area contributed by atoms with Gasteiger partial charge in [-0.2, -0.15) is 0 Å². The molecule has 3 unspecified atom stereocenters. The number of anilines is 6. The maximum Gasteiger partial charge on any atom is 0.247 e. The Hall–Kier alpha value is -5.80. The fraction of sp³-hybridized carbons (Fsp3) is 0.512. The summed E-state index contributed by atoms with van der Waals surface area (Å²) in [5.41, 5.74) is 37.1. The average molecular weight is 1180 g/mol. The van der Waals surface area contributed by atoms with Crippen LogP contribution in [0.25, 0.3) is 11.1 Å². The molecule has 8 aliphatic rings. The van der Waals surface area contributed by atoms with Crippen LogP contribution in [-0.2, 0) is 48.7 Å². The average Bonchev–Trinajstić information content (AvgIpc) is 1.54. The van der Waals surface area contributed by atoms with Gasteiger partial charge in [0.15, 0.2) is 0 Å². The maximum atomic E-state index is 2.88. The molecule has 2 nitrogen and oxygen atoms in total. The van der Waals surface area contributed by atoms with Crippen LogP contribution in [0.2, 0.25) is 0 Å². The smallest absolute Gasteiger partial charge is 0.247 e. The summed E-state index contributed by atoms with van der Waals surface area (Å²) >= 11 is 0. The van der Waals surface area contributed by atoms with E-state index >= 15 is 0 Å². The van der Waals surface area contributed by atoms with Crippen LogP contribution in [0.15, 0.2) is 103 Å². The van der Waals surface area contributed by atoms with Gasteiger partial charge in [-0.25, -0.2) is 0 Å². The molecule has 0 bridgehead atoms. The first-order valence-electron chi connectivity index (χ1n) is 35.2. The van der Waals surface area contributed by atoms with Gasteiger partial charge < -0.3 is 9.80 Å². The topological polar surface area (TPSA) is 6.48 Å². The lowest BCUT2D eigenvalue weighted by Gasteiger charge is -2.51. The molecule has 0 radical (unpaired) electrons. The summed E-state index contributed by atoms with van der Waals surface area (Å²) in [6.45, 7) is 53.4. The van der Waals surface area contributed by atoms with Gasteiger partial charge in [-0.05, 0) is 276 Å². The van der Waals surface area contributed by atoms with E-state index in [9.17, 15) is 0 Å². The number of nitrogens with zero attached hydrogens (tertiary/aromatic N) is 2. The highest BCUT2D eigenvalue weighted by Gasteiger charge is 2.64. The molecular formula is C86H105BN2. The molecule has 0 amide bonds. The van der Waals surface area contributed by atoms with E-state index in [4.69, 9.17) is 0 Å². The van der Waals surface area contributed by atoms with E-state index < -0.39 is 0 Å². The molecule has 15 rings (SSSR count). The van der Waals surface area contributed by atoms with E-state index in [-0.39, 0.29) is 60.9 Å². The van der Waals surface area contributed by atoms with Gasteiger partial charge in [0.1, 0.15) is 0 Å². The highest BCUT2D eigenvalue weighted by atomic mass is 15.2. The van der Waals surface area contributed by atoms with Crippen molar-refractivity contribution in [1.82, 2.24) is 0 Å². The summed E-state index contributed by atoms with van der Waals surface area (Å²) in [6.07, 6.45) is 14.6. The zero-order chi connectivity index (χ0) is 63.2. The van der Waals surface area contributed by atoms with E-state index in [2.05, 4.69) is 258 Å². The maximum absolute atomic E-state index is 2.88. The first-order valence-corrected chi connectivity index (χ1v) is 35.2. The SMILES string of the molecule is Cc1cc2c3c(c1)N(c1cc4c(cc1-c1ccccc1)C(C)(C)CCC4(C)C)c1cc(N(c4cc5c(cc4C)C(C)(C)CCC5(C)C)c4cc5c(cc4C)C(C)(C)CCC5(C)C)ccc1B3c1c3c(cc4c1C(C)(C)CCC4(C)C)C1(C)CCCCC1(C)C23. The van der Waals surface area contributed by atoms with Crippen LogP contribution >= 0.6 is 0 Å². The monoisotopic (exact) mass is 1180 g/mol. The standard InChI is InChI=1S/C86H105BN2/c1-51-41-57-73-72-64(85(20)31-25-26-32-86(73,85)21)47-65-74(84(18,19)40-39-83(65,16)17)76(72)87-66-30-29-55(45-70(66)89(71(42-51)75(57)87)69-50-63-60(79(8,9)35-38-82(63,14)15)46-56(69)54-27-23-22-24-28-54)88(67-48-61-58(43-52(67)2)77(4,5)33-36-80(61,10)11)68-49-62-59(44-53(68)3)78(6,7)34-37-81(62,12)13/h22-24,27-30,41-50,73H,25-26,31-40H2,1-21H3. The molecule has 462 valence electrons. The number of hydrogen-bond acceptors (Lipinski definition) is 2. The molecule has 0 saturated heterocycles. The molecule has 1 saturated carbocycles. The Balaban J connectivity index is 1.11. The van der Waals surface area contributed by atoms with Gasteiger partial charge in [0, 0.05) is 39.9 Å². The quantitative estimate of drug-likeness (QED) is 0.159. The molecule has 2 aliphatic heterocycles. The van der Waals surface area contributed by atoms with Crippen molar-refractivity contribution in [3.63, 3.8) is 0 Å². The van der Waals surface area contributed by atoms with Gasteiger partial charge in [0.2, 0.25) is 6.71 Å². The number of rotatable bonds is 5. The zero-order valence-electron chi connectivity index (χ0n) is 58.8. The Bertz CT molecular complexity index is 4100. The Morgan fingerprint density at radius 1 is 0.404 bits per heavy atom. The summed E-state index contributed by atoms with van der Waals surface area (Å²) in [7, 11) is 0. The molecule has 1 fully saturated rings. The minimum Gasteiger partial charge on any atom is -0.311 e. The summed E-state index contributed by atoms with van der Waals surface area (Å²) < 4.78 is 0. The van der Waals surface area contributed by atoms with Crippen LogP contribution in [0.5, 0.6) is 0 Å². The fourth-order valence-electron chi connectivity index (χ4n) is 20.6. The van der Waals surface area contributed by atoms with Gasteiger partial charge in [0.05, 0.1) is 5.69 Å². The molecule has 3 atom stereocenters. The van der Waals surface area contributed by atoms with Crippen molar-refractivity contribution < 1.29 is 0 Å². The lowest BCUT2D eigenvalue weighted by atomic mass is 9.29. The van der Waals surface area contributed by atoms with Crippen LogP contribution in [-0.4, -0.2) is 6.71 Å². The van der Waals surface area contributed by atoms with Crippen molar-refractivity contribution in [3.05, 3.63) is 181 Å². The molecule has 2 heterocycles. The fourth-order valence-corrected chi connectivity index (χ4v) is 20.6. The molecule has 0 N–H and O–H groups in total. The molecular weight excluding hydrogens is 1070 g/mol. The van der Waals surface area contributed by atoms with E-state index in [0.29, 0.717) is 5.92 Å². The molecule has 7 aromatic rings. The number of benzene rings is 7. The van der Waals surface area contributed by atoms with E-state index in [1.165, 1.54) is 171 Å². The molecule has 3 heteroatoms. The van der Waals surface area contributed by atoms with E-state index in [1.807, 2.05) is 0 Å². The van der Waals surface area contributed by atoms with Gasteiger partial charge in [-0.3, -0.25) is 0 Å². The minimum absolute atomic E-state index is 0.00172. The molecule has 89 heavy (non-hydrogen) atoms. The second-order valence-electron chi connectivity index (χ2n) is 36.4. The Morgan fingerprint density at radius 2 is 0.888 bits per heavy atom. The molecule has 6 aliphatic carbocycles. The van der Waals surface area contributed by atoms with Crippen molar-refractivity contribution in [2.75, 3.05) is 9.80 Å². The second-order valence-corrected chi connectivity index (χ2v) is 36.4. The summed E-state index contributed by atoms with van der Waals surface area (Å²) in [5.74, 6) is 0.311. The summed E-state index contributed by atoms with van der Waals surface area (Å²) in [5, 5.41) is 0. The minimum atomic E-state index is -0.00401. The number of fused-ring (bicyclic) bond motifs is 12. The van der Waals surface area contributed by atoms with Crippen molar-refractivity contribution in [3.8, 4) is 11.1 Å². The predicted molar refractivity (Wildman–Crippen MR) is 383 cm³/mol. The van der Waals surface area contributed by atoms with Gasteiger partial charge in [-0.1, -0.05) is 204 Å². The van der Waals surface area contributed by atoms with Crippen molar-refractivity contribution in [1.29, 1.82) is 0 Å². The van der Waals surface area contributed by atoms with Crippen LogP contribution in [0.1, 0.15) is 285 Å². The predicted octanol–water partition coefficient (Wildman–Crippen LogP) is 21.7. The Labute approximate surface area is 538 Å². The lowest BCUT2D eigenvalue weighted by molar-refractivity contribution is 0.0925. The summed E-state index contributed by atoms with van der Waals surface area (Å²) in [4.78, 5) is 5.65. The molecule has 7 aromatic carbocycles. The third kappa shape index (κ3) is 8.25. The van der Waals surface area contributed by atoms with Gasteiger partial charge >= 0.3 is 0 Å². The zero-order valence-corrected chi connectivity index (χ0v) is 58.8. The largest absolute Gasteiger partial charge is 0.311 e. The lowest BCUT2D eigenvalue weighted by Crippen LogP contribution is -2.64. The van der Waals surface area contributed by atoms with Crippen LogP contribution in [0.3, 0.4) is 0 Å². The summed E-state index contributed by atoms with van der Waals surface area (Å²) in [6, 6.07) is 43.8. The number of aryl methyl sites for hydroxylation is 3. The van der Waals surface area contributed by atoms with E-state index in [0.717, 1.165) is 6.42 Å². The van der Waals surface area contributed by atoms with Crippen LogP contribution in [0.4, 0.5) is 34.1 Å². The Kier molecular flexibility index (Phi) is 12.5. The van der Waals surface area contributed by atoms with Crippen LogP contribution in [0, 0.1) is 26.2 Å². The normalized spacial score (nSPS) is 25.7. The third-order valence-corrected chi connectivity index (χ3v) is 27.0. The first kappa shape index (κ1) is 59.5. The highest BCUT2D eigenvalue weighted by molar-refractivity contribution is 6.99. The third-order valence-electron chi connectivity index (χ3n) is 27.0. The van der Waals surface area contributed by atoms with Crippen molar-refractivity contribution in [2.45, 2.75) is 277 Å². The van der Waals surface area contributed by atoms with Crippen molar-refractivity contribution in [2.24, 2.45) is 5.41 Å². The molecule has 0 spiro atoms. The van der Waals surface area contributed by atoms with Crippen LogP contribution < -0.4 is 26.2 Å². The second kappa shape index (κ2) is 18.7. The molecule has 0 aromatic heterocycles. The Morgan fingerprint density at radius 3 is 1.44 bits per heavy atom. The first-order chi connectivity index (χ1) is 41.5.